The molecule has 0 spiro atoms. The molecule has 1 saturated carbocycles. The average molecular weight is 208 g/mol. The van der Waals surface area contributed by atoms with E-state index >= 15 is 0 Å². The number of allylic oxidation sites excluding steroid dienone is 1. The highest BCUT2D eigenvalue weighted by Gasteiger charge is 2.35. The molecule has 0 aromatic heterocycles. The fraction of sp³-hybridized carbons (Fsp3) is 0.769. The standard InChI is InChI=1S/C13H20O2/c14-12(13(15)11-8-9-11)10-6-4-2-1-3-5-7-10/h6,11,13,15H,1-5,7-9H2. The van der Waals surface area contributed by atoms with Gasteiger partial charge in [0.2, 0.25) is 0 Å². The van der Waals surface area contributed by atoms with Crippen molar-refractivity contribution >= 4 is 5.78 Å². The summed E-state index contributed by atoms with van der Waals surface area (Å²) in [5, 5.41) is 9.78. The number of ketones is 1. The molecule has 2 rings (SSSR count). The SMILES string of the molecule is O=C(C1=CCCCCCC1)C(O)C1CC1. The summed E-state index contributed by atoms with van der Waals surface area (Å²) in [6.45, 7) is 0. The summed E-state index contributed by atoms with van der Waals surface area (Å²) in [4.78, 5) is 11.9. The minimum Gasteiger partial charge on any atom is -0.385 e. The Labute approximate surface area is 91.4 Å². The van der Waals surface area contributed by atoms with E-state index in [0.717, 1.165) is 37.7 Å². The first-order valence-corrected chi connectivity index (χ1v) is 6.20. The molecule has 1 atom stereocenters. The van der Waals surface area contributed by atoms with E-state index in [1.165, 1.54) is 19.3 Å². The van der Waals surface area contributed by atoms with Crippen molar-refractivity contribution < 1.29 is 9.90 Å². The molecule has 0 saturated heterocycles. The van der Waals surface area contributed by atoms with Crippen molar-refractivity contribution in [2.24, 2.45) is 5.92 Å². The van der Waals surface area contributed by atoms with Crippen LogP contribution in [0.2, 0.25) is 0 Å². The first kappa shape index (κ1) is 10.9. The van der Waals surface area contributed by atoms with Gasteiger partial charge >= 0.3 is 0 Å². The summed E-state index contributed by atoms with van der Waals surface area (Å²) in [7, 11) is 0. The molecule has 2 aliphatic rings. The number of carbonyl (C=O) groups is 1. The molecule has 0 heterocycles. The van der Waals surface area contributed by atoms with Gasteiger partial charge in [-0.15, -0.1) is 0 Å². The third-order valence-electron chi connectivity index (χ3n) is 3.44. The van der Waals surface area contributed by atoms with Crippen molar-refractivity contribution in [2.45, 2.75) is 57.5 Å². The molecule has 0 aromatic rings. The zero-order valence-electron chi connectivity index (χ0n) is 9.24. The largest absolute Gasteiger partial charge is 0.385 e. The van der Waals surface area contributed by atoms with E-state index < -0.39 is 6.10 Å². The number of hydrogen-bond acceptors (Lipinski definition) is 2. The molecule has 0 amide bonds. The van der Waals surface area contributed by atoms with Crippen LogP contribution in [-0.2, 0) is 4.79 Å². The normalized spacial score (nSPS) is 25.0. The summed E-state index contributed by atoms with van der Waals surface area (Å²) in [6, 6.07) is 0. The van der Waals surface area contributed by atoms with Gasteiger partial charge in [0.25, 0.3) is 0 Å². The van der Waals surface area contributed by atoms with Gasteiger partial charge in [-0.1, -0.05) is 18.9 Å². The predicted molar refractivity (Wildman–Crippen MR) is 59.5 cm³/mol. The van der Waals surface area contributed by atoms with Gasteiger partial charge in [-0.05, 0) is 50.0 Å². The zero-order valence-corrected chi connectivity index (χ0v) is 9.24. The molecule has 0 aromatic carbocycles. The lowest BCUT2D eigenvalue weighted by molar-refractivity contribution is -0.124. The second-order valence-electron chi connectivity index (χ2n) is 4.83. The van der Waals surface area contributed by atoms with E-state index in [2.05, 4.69) is 6.08 Å². The van der Waals surface area contributed by atoms with Gasteiger partial charge in [-0.2, -0.15) is 0 Å². The van der Waals surface area contributed by atoms with Crippen LogP contribution in [0, 0.1) is 5.92 Å². The van der Waals surface area contributed by atoms with E-state index in [1.807, 2.05) is 0 Å². The van der Waals surface area contributed by atoms with Crippen molar-refractivity contribution in [1.29, 1.82) is 0 Å². The van der Waals surface area contributed by atoms with E-state index in [-0.39, 0.29) is 11.7 Å². The van der Waals surface area contributed by atoms with Gasteiger partial charge in [-0.25, -0.2) is 0 Å². The molecule has 1 N–H and O–H groups in total. The number of aliphatic hydroxyl groups excluding tert-OH is 1. The minimum atomic E-state index is -0.698. The maximum atomic E-state index is 11.9. The Kier molecular flexibility index (Phi) is 3.57. The summed E-state index contributed by atoms with van der Waals surface area (Å²) < 4.78 is 0. The van der Waals surface area contributed by atoms with Crippen molar-refractivity contribution in [3.05, 3.63) is 11.6 Å². The monoisotopic (exact) mass is 208 g/mol. The van der Waals surface area contributed by atoms with E-state index in [9.17, 15) is 9.90 Å². The lowest BCUT2D eigenvalue weighted by Gasteiger charge is -2.13. The van der Waals surface area contributed by atoms with Crippen molar-refractivity contribution in [2.75, 3.05) is 0 Å². The molecule has 2 nitrogen and oxygen atoms in total. The van der Waals surface area contributed by atoms with Gasteiger partial charge in [0, 0.05) is 0 Å². The van der Waals surface area contributed by atoms with E-state index in [1.54, 1.807) is 0 Å². The lowest BCUT2D eigenvalue weighted by atomic mass is 9.94. The highest BCUT2D eigenvalue weighted by atomic mass is 16.3. The summed E-state index contributed by atoms with van der Waals surface area (Å²) in [5.74, 6) is 0.281. The van der Waals surface area contributed by atoms with Crippen LogP contribution in [0.15, 0.2) is 11.6 Å². The van der Waals surface area contributed by atoms with Crippen LogP contribution in [-0.4, -0.2) is 17.0 Å². The first-order valence-electron chi connectivity index (χ1n) is 6.20. The number of hydrogen-bond donors (Lipinski definition) is 1. The molecule has 1 fully saturated rings. The fourth-order valence-electron chi connectivity index (χ4n) is 2.23. The summed E-state index contributed by atoms with van der Waals surface area (Å²) in [5.41, 5.74) is 0.897. The third kappa shape index (κ3) is 2.91. The molecule has 2 heteroatoms. The second-order valence-corrected chi connectivity index (χ2v) is 4.83. The number of rotatable bonds is 3. The Morgan fingerprint density at radius 2 is 2.00 bits per heavy atom. The Morgan fingerprint density at radius 3 is 2.73 bits per heavy atom. The Balaban J connectivity index is 1.96. The van der Waals surface area contributed by atoms with Crippen LogP contribution in [0.4, 0.5) is 0 Å². The van der Waals surface area contributed by atoms with Gasteiger partial charge in [0.15, 0.2) is 5.78 Å². The number of carbonyl (C=O) groups excluding carboxylic acids is 1. The zero-order chi connectivity index (χ0) is 10.7. The van der Waals surface area contributed by atoms with Crippen molar-refractivity contribution in [3.63, 3.8) is 0 Å². The average Bonchev–Trinajstić information content (AvgIpc) is 2.98. The Morgan fingerprint density at radius 1 is 1.27 bits per heavy atom. The molecule has 0 bridgehead atoms. The van der Waals surface area contributed by atoms with Crippen molar-refractivity contribution in [3.8, 4) is 0 Å². The van der Waals surface area contributed by atoms with Gasteiger partial charge in [0.05, 0.1) is 0 Å². The van der Waals surface area contributed by atoms with E-state index in [0.29, 0.717) is 0 Å². The molecule has 0 aliphatic heterocycles. The molecular formula is C13H20O2. The highest BCUT2D eigenvalue weighted by molar-refractivity contribution is 5.99. The molecule has 84 valence electrons. The van der Waals surface area contributed by atoms with Crippen LogP contribution in [0.5, 0.6) is 0 Å². The number of aliphatic hydroxyl groups is 1. The molecule has 15 heavy (non-hydrogen) atoms. The third-order valence-corrected chi connectivity index (χ3v) is 3.44. The second kappa shape index (κ2) is 4.93. The molecular weight excluding hydrogens is 188 g/mol. The smallest absolute Gasteiger partial charge is 0.187 e. The molecule has 1 unspecified atom stereocenters. The van der Waals surface area contributed by atoms with Crippen LogP contribution < -0.4 is 0 Å². The fourth-order valence-corrected chi connectivity index (χ4v) is 2.23. The predicted octanol–water partition coefficient (Wildman–Crippen LogP) is 2.61. The number of Topliss-reactive ketones (excluding diaryl/α,β-unsaturated/α-hetero) is 1. The Bertz CT molecular complexity index is 264. The van der Waals surface area contributed by atoms with Crippen LogP contribution >= 0.6 is 0 Å². The summed E-state index contributed by atoms with van der Waals surface area (Å²) in [6.07, 6.45) is 10.1. The first-order chi connectivity index (χ1) is 7.29. The molecule has 2 aliphatic carbocycles. The van der Waals surface area contributed by atoms with Crippen LogP contribution in [0.1, 0.15) is 51.4 Å². The van der Waals surface area contributed by atoms with E-state index in [4.69, 9.17) is 0 Å². The minimum absolute atomic E-state index is 0.0133. The Hall–Kier alpha value is -0.630. The van der Waals surface area contributed by atoms with Gasteiger partial charge in [0.1, 0.15) is 6.10 Å². The maximum absolute atomic E-state index is 11.9. The lowest BCUT2D eigenvalue weighted by Crippen LogP contribution is -2.24. The maximum Gasteiger partial charge on any atom is 0.187 e. The van der Waals surface area contributed by atoms with Crippen LogP contribution in [0.25, 0.3) is 0 Å². The topological polar surface area (TPSA) is 37.3 Å². The van der Waals surface area contributed by atoms with Crippen LogP contribution in [0.3, 0.4) is 0 Å². The van der Waals surface area contributed by atoms with Gasteiger partial charge in [-0.3, -0.25) is 4.79 Å². The van der Waals surface area contributed by atoms with Gasteiger partial charge < -0.3 is 5.11 Å². The quantitative estimate of drug-likeness (QED) is 0.774. The summed E-state index contributed by atoms with van der Waals surface area (Å²) >= 11 is 0. The van der Waals surface area contributed by atoms with Crippen molar-refractivity contribution in [1.82, 2.24) is 0 Å². The molecule has 0 radical (unpaired) electrons. The highest BCUT2D eigenvalue weighted by Crippen LogP contribution is 2.34.